The molecule has 2 aliphatic carbocycles. The smallest absolute Gasteiger partial charge is 0.256 e. The summed E-state index contributed by atoms with van der Waals surface area (Å²) >= 11 is 0. The molecule has 2 bridgehead atoms. The summed E-state index contributed by atoms with van der Waals surface area (Å²) in [6, 6.07) is 20.2. The summed E-state index contributed by atoms with van der Waals surface area (Å²) in [7, 11) is 8.10. The number of likely N-dealkylation sites (tertiary alicyclic amines) is 2. The van der Waals surface area contributed by atoms with Crippen LogP contribution in [0.5, 0.6) is 5.75 Å². The molecule has 3 aromatic carbocycles. The largest absolute Gasteiger partial charge is 0.494 e. The molecule has 2 aliphatic heterocycles. The van der Waals surface area contributed by atoms with Crippen molar-refractivity contribution in [2.75, 3.05) is 26.7 Å². The maximum Gasteiger partial charge on any atom is 0.256 e. The molecule has 4 aliphatic rings. The second-order valence-electron chi connectivity index (χ2n) is 14.5. The Morgan fingerprint density at radius 2 is 1.69 bits per heavy atom. The molecule has 2 saturated carbocycles. The zero-order chi connectivity index (χ0) is 33.6. The van der Waals surface area contributed by atoms with Gasteiger partial charge in [0.05, 0.1) is 31.7 Å². The number of nitrogens with two attached hydrogens (primary N) is 1. The lowest BCUT2D eigenvalue weighted by molar-refractivity contribution is 0.0466. The number of aromatic nitrogens is 3. The van der Waals surface area contributed by atoms with Crippen LogP contribution in [0.3, 0.4) is 0 Å². The number of rotatable bonds is 8. The highest BCUT2D eigenvalue weighted by Crippen LogP contribution is 2.44. The van der Waals surface area contributed by atoms with E-state index in [1.54, 1.807) is 24.1 Å². The SMILES string of the molecule is [B][C@]1(N)C2CCC1N(C(=O)c1cc(OC)c3c(c1)nc(-c1cc4ccccc4n1CC1CC1)n3CC1CN(C(=O)c3ccccc3F)C1)C2. The summed E-state index contributed by atoms with van der Waals surface area (Å²) in [6.45, 7) is 3.00. The van der Waals surface area contributed by atoms with Crippen molar-refractivity contribution >= 4 is 41.6 Å². The van der Waals surface area contributed by atoms with Gasteiger partial charge in [-0.3, -0.25) is 9.59 Å². The fourth-order valence-electron chi connectivity index (χ4n) is 8.51. The Balaban J connectivity index is 1.12. The molecule has 4 heterocycles. The summed E-state index contributed by atoms with van der Waals surface area (Å²) in [5, 5.41) is 1.14. The van der Waals surface area contributed by atoms with Crippen LogP contribution in [-0.2, 0) is 13.1 Å². The van der Waals surface area contributed by atoms with Gasteiger partial charge in [-0.15, -0.1) is 0 Å². The van der Waals surface area contributed by atoms with Crippen molar-refractivity contribution in [2.45, 2.75) is 50.3 Å². The number of carbonyl (C=O) groups is 2. The zero-order valence-electron chi connectivity index (χ0n) is 27.5. The normalized spacial score (nSPS) is 23.5. The second-order valence-corrected chi connectivity index (χ2v) is 14.5. The van der Waals surface area contributed by atoms with Gasteiger partial charge in [-0.05, 0) is 73.9 Å². The topological polar surface area (TPSA) is 98.6 Å². The van der Waals surface area contributed by atoms with Crippen molar-refractivity contribution < 1.29 is 18.7 Å². The molecule has 2 amide bonds. The minimum Gasteiger partial charge on any atom is -0.494 e. The summed E-state index contributed by atoms with van der Waals surface area (Å²) in [6.07, 6.45) is 4.14. The summed E-state index contributed by atoms with van der Waals surface area (Å²) in [5.74, 6) is 1.24. The van der Waals surface area contributed by atoms with Crippen LogP contribution in [0.1, 0.15) is 46.4 Å². The van der Waals surface area contributed by atoms with E-state index in [0.29, 0.717) is 48.9 Å². The Labute approximate surface area is 285 Å². The van der Waals surface area contributed by atoms with Gasteiger partial charge in [0.2, 0.25) is 0 Å². The van der Waals surface area contributed by atoms with Crippen LogP contribution >= 0.6 is 0 Å². The molecular formula is C38H38BFN6O3. The number of amides is 2. The highest BCUT2D eigenvalue weighted by molar-refractivity contribution is 6.17. The van der Waals surface area contributed by atoms with Crippen LogP contribution in [-0.4, -0.2) is 81.8 Å². The van der Waals surface area contributed by atoms with Gasteiger partial charge in [-0.25, -0.2) is 9.37 Å². The second kappa shape index (κ2) is 11.2. The van der Waals surface area contributed by atoms with Crippen LogP contribution in [0.15, 0.2) is 66.7 Å². The number of methoxy groups -OCH3 is 1. The average Bonchev–Trinajstić information content (AvgIpc) is 3.54. The number of imidazole rings is 1. The Kier molecular flexibility index (Phi) is 6.95. The van der Waals surface area contributed by atoms with Gasteiger partial charge in [0, 0.05) is 66.6 Å². The number of hydrogen-bond donors (Lipinski definition) is 1. The molecule has 2 saturated heterocycles. The molecule has 4 fully saturated rings. The van der Waals surface area contributed by atoms with Gasteiger partial charge < -0.3 is 29.4 Å². The lowest BCUT2D eigenvalue weighted by Gasteiger charge is -2.40. The first-order valence-corrected chi connectivity index (χ1v) is 17.3. The molecule has 9 rings (SSSR count). The Hall–Kier alpha value is -4.64. The van der Waals surface area contributed by atoms with Crippen molar-refractivity contribution in [3.05, 3.63) is 83.7 Å². The van der Waals surface area contributed by atoms with Crippen molar-refractivity contribution in [2.24, 2.45) is 23.5 Å². The lowest BCUT2D eigenvalue weighted by atomic mass is 9.71. The first-order chi connectivity index (χ1) is 23.7. The van der Waals surface area contributed by atoms with Gasteiger partial charge in [-0.2, -0.15) is 0 Å². The van der Waals surface area contributed by atoms with E-state index in [9.17, 15) is 14.0 Å². The number of para-hydroxylation sites is 1. The standard InChI is InChI=1S/C38H38BFN6O3/c1-49-32-16-25(36(47)45-21-26-12-13-33(45)38(26,39)41)14-29-34(32)46(20-23-17-43(18-23)37(48)27-7-3-4-8-28(27)40)35(42-29)31-15-24-6-2-5-9-30(24)44(31)19-22-10-11-22/h2-9,14-16,22-23,26,33H,10-13,17-21,41H2,1H3/t26?,33?,38-/m0/s1. The predicted molar refractivity (Wildman–Crippen MR) is 186 cm³/mol. The lowest BCUT2D eigenvalue weighted by Crippen LogP contribution is -2.52. The van der Waals surface area contributed by atoms with Gasteiger partial charge in [0.25, 0.3) is 11.8 Å². The summed E-state index contributed by atoms with van der Waals surface area (Å²) in [4.78, 5) is 35.9. The van der Waals surface area contributed by atoms with E-state index in [1.807, 2.05) is 17.0 Å². The number of carbonyl (C=O) groups excluding carboxylic acids is 2. The number of ether oxygens (including phenoxy) is 1. The number of benzene rings is 3. The highest BCUT2D eigenvalue weighted by Gasteiger charge is 2.54. The molecule has 248 valence electrons. The van der Waals surface area contributed by atoms with E-state index in [4.69, 9.17) is 23.3 Å². The van der Waals surface area contributed by atoms with E-state index >= 15 is 0 Å². The van der Waals surface area contributed by atoms with Crippen molar-refractivity contribution in [1.29, 1.82) is 0 Å². The number of nitrogens with zero attached hydrogens (tertiary/aromatic N) is 5. The van der Waals surface area contributed by atoms with E-state index in [0.717, 1.165) is 47.3 Å². The van der Waals surface area contributed by atoms with Crippen molar-refractivity contribution in [3.8, 4) is 17.3 Å². The number of hydrogen-bond acceptors (Lipinski definition) is 5. The van der Waals surface area contributed by atoms with E-state index in [2.05, 4.69) is 39.5 Å². The zero-order valence-corrected chi connectivity index (χ0v) is 27.5. The molecule has 9 nitrogen and oxygen atoms in total. The predicted octanol–water partition coefficient (Wildman–Crippen LogP) is 5.05. The molecule has 5 aromatic rings. The molecule has 2 unspecified atom stereocenters. The van der Waals surface area contributed by atoms with Gasteiger partial charge in [0.15, 0.2) is 5.82 Å². The molecule has 0 spiro atoms. The number of halogens is 1. The molecule has 49 heavy (non-hydrogen) atoms. The quantitative estimate of drug-likeness (QED) is 0.236. The third-order valence-electron chi connectivity index (χ3n) is 11.4. The van der Waals surface area contributed by atoms with Gasteiger partial charge in [-0.1, -0.05) is 30.3 Å². The molecule has 2 aromatic heterocycles. The van der Waals surface area contributed by atoms with Gasteiger partial charge >= 0.3 is 0 Å². The minimum absolute atomic E-state index is 0.0820. The molecule has 3 atom stereocenters. The third-order valence-corrected chi connectivity index (χ3v) is 11.4. The summed E-state index contributed by atoms with van der Waals surface area (Å²) in [5.41, 5.74) is 9.81. The third kappa shape index (κ3) is 4.88. The number of fused-ring (bicyclic) bond motifs is 4. The van der Waals surface area contributed by atoms with Crippen LogP contribution in [0.2, 0.25) is 0 Å². The van der Waals surface area contributed by atoms with E-state index in [1.165, 1.54) is 25.0 Å². The maximum atomic E-state index is 14.4. The summed E-state index contributed by atoms with van der Waals surface area (Å²) < 4.78 is 25.0. The monoisotopic (exact) mass is 656 g/mol. The van der Waals surface area contributed by atoms with Gasteiger partial charge in [0.1, 0.15) is 17.1 Å². The highest BCUT2D eigenvalue weighted by atomic mass is 19.1. The molecule has 2 radical (unpaired) electrons. The first kappa shape index (κ1) is 30.4. The number of piperidine rings is 1. The minimum atomic E-state index is -0.877. The van der Waals surface area contributed by atoms with E-state index < -0.39 is 11.3 Å². The van der Waals surface area contributed by atoms with Crippen LogP contribution in [0, 0.1) is 23.6 Å². The van der Waals surface area contributed by atoms with Crippen LogP contribution < -0.4 is 10.5 Å². The fourth-order valence-corrected chi connectivity index (χ4v) is 8.51. The van der Waals surface area contributed by atoms with Crippen molar-refractivity contribution in [3.63, 3.8) is 0 Å². The van der Waals surface area contributed by atoms with E-state index in [-0.39, 0.29) is 35.3 Å². The van der Waals surface area contributed by atoms with Crippen LogP contribution in [0.4, 0.5) is 4.39 Å². The molecule has 2 N–H and O–H groups in total. The Bertz CT molecular complexity index is 2150. The van der Waals surface area contributed by atoms with Crippen LogP contribution in [0.25, 0.3) is 33.5 Å². The Morgan fingerprint density at radius 3 is 2.41 bits per heavy atom. The average molecular weight is 657 g/mol. The first-order valence-electron chi connectivity index (χ1n) is 17.3. The maximum absolute atomic E-state index is 14.4. The fraction of sp³-hybridized carbons (Fsp3) is 0.395. The van der Waals surface area contributed by atoms with Crippen molar-refractivity contribution in [1.82, 2.24) is 23.9 Å². The molecular weight excluding hydrogens is 618 g/mol. The molecule has 11 heteroatoms. The Morgan fingerprint density at radius 1 is 0.939 bits per heavy atom.